The SMILES string of the molecule is Cc1cc(C)cc(N2C(=O)C(=NNc3c(O)cccc3OCCC(=O)O)c3ccc(C(F)(F)F)cc32)c1. The monoisotopic (exact) mass is 513 g/mol. The molecule has 0 unspecified atom stereocenters. The van der Waals surface area contributed by atoms with E-state index in [1.165, 1.54) is 29.2 Å². The van der Waals surface area contributed by atoms with E-state index < -0.39 is 23.6 Å². The van der Waals surface area contributed by atoms with Crippen molar-refractivity contribution in [3.63, 3.8) is 0 Å². The van der Waals surface area contributed by atoms with Gasteiger partial charge >= 0.3 is 12.1 Å². The number of rotatable bonds is 7. The smallest absolute Gasteiger partial charge is 0.416 e. The zero-order valence-electron chi connectivity index (χ0n) is 19.8. The van der Waals surface area contributed by atoms with Crippen molar-refractivity contribution in [2.45, 2.75) is 26.4 Å². The number of para-hydroxylation sites is 1. The fourth-order valence-corrected chi connectivity index (χ4v) is 3.98. The first-order valence-electron chi connectivity index (χ1n) is 11.1. The summed E-state index contributed by atoms with van der Waals surface area (Å²) >= 11 is 0. The first-order valence-corrected chi connectivity index (χ1v) is 11.1. The number of nitrogens with one attached hydrogen (secondary N) is 1. The van der Waals surface area contributed by atoms with E-state index in [1.54, 1.807) is 12.1 Å². The lowest BCUT2D eigenvalue weighted by Crippen LogP contribution is -2.26. The summed E-state index contributed by atoms with van der Waals surface area (Å²) < 4.78 is 45.9. The Kier molecular flexibility index (Phi) is 6.80. The maximum atomic E-state index is 13.5. The molecule has 0 aromatic heterocycles. The number of aromatic hydroxyl groups is 1. The van der Waals surface area contributed by atoms with Crippen LogP contribution < -0.4 is 15.1 Å². The Hall–Kier alpha value is -4.54. The maximum absolute atomic E-state index is 13.5. The molecule has 0 fully saturated rings. The summed E-state index contributed by atoms with van der Waals surface area (Å²) in [4.78, 5) is 25.5. The van der Waals surface area contributed by atoms with Gasteiger partial charge in [-0.25, -0.2) is 0 Å². The number of hydrogen-bond acceptors (Lipinski definition) is 6. The number of fused-ring (bicyclic) bond motifs is 1. The molecule has 0 radical (unpaired) electrons. The van der Waals surface area contributed by atoms with Crippen LogP contribution in [-0.4, -0.2) is 34.4 Å². The predicted octanol–water partition coefficient (Wildman–Crippen LogP) is 5.38. The molecule has 8 nitrogen and oxygen atoms in total. The standard InChI is InChI=1S/C26H22F3N3O5/c1-14-10-15(2)12-17(11-14)32-19-13-16(26(27,28)29)6-7-18(19)23(25(32)36)30-31-24-20(33)4-3-5-21(24)37-9-8-22(34)35/h3-7,10-13,31,33H,8-9H2,1-2H3,(H,34,35). The molecule has 0 saturated carbocycles. The van der Waals surface area contributed by atoms with Crippen LogP contribution in [0.2, 0.25) is 0 Å². The van der Waals surface area contributed by atoms with E-state index in [0.29, 0.717) is 5.69 Å². The average Bonchev–Trinajstić information content (AvgIpc) is 3.07. The second kappa shape index (κ2) is 9.84. The Morgan fingerprint density at radius 2 is 1.78 bits per heavy atom. The number of phenolic OH excluding ortho intramolecular Hbond substituents is 1. The molecule has 0 aliphatic carbocycles. The minimum atomic E-state index is -4.62. The average molecular weight is 513 g/mol. The zero-order valence-corrected chi connectivity index (χ0v) is 19.8. The van der Waals surface area contributed by atoms with Crippen LogP contribution in [0.25, 0.3) is 0 Å². The van der Waals surface area contributed by atoms with Gasteiger partial charge in [0.25, 0.3) is 5.91 Å². The molecule has 1 aliphatic heterocycles. The second-order valence-electron chi connectivity index (χ2n) is 8.43. The van der Waals surface area contributed by atoms with Gasteiger partial charge in [-0.3, -0.25) is 19.9 Å². The number of hydrazone groups is 1. The summed E-state index contributed by atoms with van der Waals surface area (Å²) in [6.45, 7) is 3.43. The molecule has 11 heteroatoms. The van der Waals surface area contributed by atoms with Gasteiger partial charge in [0, 0.05) is 11.3 Å². The van der Waals surface area contributed by atoms with Crippen LogP contribution in [0.1, 0.15) is 28.7 Å². The number of aliphatic carboxylic acids is 1. The van der Waals surface area contributed by atoms with Crippen molar-refractivity contribution >= 4 is 34.7 Å². The number of carbonyl (C=O) groups is 2. The first-order chi connectivity index (χ1) is 17.5. The number of aryl methyl sites for hydroxylation is 2. The number of anilines is 3. The molecule has 0 saturated heterocycles. The number of ether oxygens (including phenoxy) is 1. The van der Waals surface area contributed by atoms with Crippen LogP contribution in [0.4, 0.5) is 30.2 Å². The minimum Gasteiger partial charge on any atom is -0.506 e. The summed E-state index contributed by atoms with van der Waals surface area (Å²) in [6.07, 6.45) is -4.91. The van der Waals surface area contributed by atoms with Crippen LogP contribution in [-0.2, 0) is 15.8 Å². The number of nitrogens with zero attached hydrogens (tertiary/aromatic N) is 2. The van der Waals surface area contributed by atoms with Gasteiger partial charge in [-0.05, 0) is 67.4 Å². The normalized spacial score (nSPS) is 14.1. The van der Waals surface area contributed by atoms with Crippen molar-refractivity contribution in [2.75, 3.05) is 16.9 Å². The zero-order chi connectivity index (χ0) is 26.9. The number of halogens is 3. The van der Waals surface area contributed by atoms with Gasteiger partial charge in [0.15, 0.2) is 5.71 Å². The highest BCUT2D eigenvalue weighted by atomic mass is 19.4. The quantitative estimate of drug-likeness (QED) is 0.289. The summed E-state index contributed by atoms with van der Waals surface area (Å²) in [5.74, 6) is -1.96. The van der Waals surface area contributed by atoms with Crippen molar-refractivity contribution in [1.29, 1.82) is 0 Å². The maximum Gasteiger partial charge on any atom is 0.416 e. The number of phenols is 1. The number of amides is 1. The van der Waals surface area contributed by atoms with E-state index >= 15 is 0 Å². The van der Waals surface area contributed by atoms with Crippen molar-refractivity contribution in [2.24, 2.45) is 5.10 Å². The van der Waals surface area contributed by atoms with Crippen molar-refractivity contribution in [3.8, 4) is 11.5 Å². The van der Waals surface area contributed by atoms with Crippen LogP contribution in [0.3, 0.4) is 0 Å². The van der Waals surface area contributed by atoms with Gasteiger partial charge in [0.1, 0.15) is 17.2 Å². The lowest BCUT2D eigenvalue weighted by molar-refractivity contribution is -0.138. The third-order valence-electron chi connectivity index (χ3n) is 5.55. The predicted molar refractivity (Wildman–Crippen MR) is 131 cm³/mol. The third kappa shape index (κ3) is 5.35. The Morgan fingerprint density at radius 3 is 2.43 bits per heavy atom. The van der Waals surface area contributed by atoms with Gasteiger partial charge in [-0.2, -0.15) is 18.3 Å². The Balaban J connectivity index is 1.77. The number of carbonyl (C=O) groups excluding carboxylic acids is 1. The molecule has 1 aliphatic rings. The minimum absolute atomic E-state index is 0.0144. The molecule has 4 rings (SSSR count). The van der Waals surface area contributed by atoms with Gasteiger partial charge in [0.05, 0.1) is 24.3 Å². The van der Waals surface area contributed by atoms with Gasteiger partial charge in [-0.1, -0.05) is 12.1 Å². The van der Waals surface area contributed by atoms with Crippen LogP contribution >= 0.6 is 0 Å². The van der Waals surface area contributed by atoms with Crippen LogP contribution in [0, 0.1) is 13.8 Å². The second-order valence-corrected chi connectivity index (χ2v) is 8.43. The molecular formula is C26H22F3N3O5. The molecule has 3 aromatic rings. The van der Waals surface area contributed by atoms with Crippen LogP contribution in [0.5, 0.6) is 11.5 Å². The molecule has 1 heterocycles. The van der Waals surface area contributed by atoms with Gasteiger partial charge in [-0.15, -0.1) is 0 Å². The Labute approximate surface area is 209 Å². The van der Waals surface area contributed by atoms with E-state index in [-0.39, 0.29) is 47.2 Å². The highest BCUT2D eigenvalue weighted by molar-refractivity contribution is 6.55. The lowest BCUT2D eigenvalue weighted by atomic mass is 10.1. The van der Waals surface area contributed by atoms with Gasteiger partial charge in [0.2, 0.25) is 0 Å². The van der Waals surface area contributed by atoms with Crippen LogP contribution in [0.15, 0.2) is 59.7 Å². The molecule has 37 heavy (non-hydrogen) atoms. The number of hydrogen-bond donors (Lipinski definition) is 3. The van der Waals surface area contributed by atoms with E-state index in [9.17, 15) is 27.9 Å². The van der Waals surface area contributed by atoms with E-state index in [0.717, 1.165) is 23.3 Å². The first kappa shape index (κ1) is 25.5. The lowest BCUT2D eigenvalue weighted by Gasteiger charge is -2.19. The third-order valence-corrected chi connectivity index (χ3v) is 5.55. The molecule has 3 N–H and O–H groups in total. The molecule has 1 amide bonds. The molecule has 0 bridgehead atoms. The topological polar surface area (TPSA) is 111 Å². The highest BCUT2D eigenvalue weighted by Crippen LogP contribution is 2.41. The highest BCUT2D eigenvalue weighted by Gasteiger charge is 2.39. The molecular weight excluding hydrogens is 491 g/mol. The molecule has 3 aromatic carbocycles. The number of alkyl halides is 3. The fraction of sp³-hybridized carbons (Fsp3) is 0.192. The fourth-order valence-electron chi connectivity index (χ4n) is 3.98. The van der Waals surface area contributed by atoms with Crippen molar-refractivity contribution < 1.29 is 37.7 Å². The summed E-state index contributed by atoms with van der Waals surface area (Å²) in [6, 6.07) is 12.4. The molecule has 0 atom stereocenters. The summed E-state index contributed by atoms with van der Waals surface area (Å²) in [5.41, 5.74) is 3.63. The molecule has 0 spiro atoms. The van der Waals surface area contributed by atoms with Crippen molar-refractivity contribution in [3.05, 3.63) is 76.9 Å². The molecule has 192 valence electrons. The number of carboxylic acids is 1. The van der Waals surface area contributed by atoms with E-state index in [4.69, 9.17) is 9.84 Å². The largest absolute Gasteiger partial charge is 0.506 e. The van der Waals surface area contributed by atoms with E-state index in [2.05, 4.69) is 10.5 Å². The Bertz CT molecular complexity index is 1400. The van der Waals surface area contributed by atoms with Gasteiger partial charge < -0.3 is 14.9 Å². The number of benzene rings is 3. The summed E-state index contributed by atoms with van der Waals surface area (Å²) in [7, 11) is 0. The van der Waals surface area contributed by atoms with Crippen molar-refractivity contribution in [1.82, 2.24) is 0 Å². The van der Waals surface area contributed by atoms with E-state index in [1.807, 2.05) is 19.9 Å². The summed E-state index contributed by atoms with van der Waals surface area (Å²) in [5, 5.41) is 23.3. The Morgan fingerprint density at radius 1 is 1.08 bits per heavy atom. The number of carboxylic acid groups (broad SMARTS) is 1.